The highest BCUT2D eigenvalue weighted by molar-refractivity contribution is 5.80. The first kappa shape index (κ1) is 24.7. The fourth-order valence-corrected chi connectivity index (χ4v) is 4.33. The van der Waals surface area contributed by atoms with Crippen LogP contribution in [0.15, 0.2) is 23.4 Å². The fraction of sp³-hybridized carbons (Fsp3) is 0.571. The minimum atomic E-state index is -4.80. The summed E-state index contributed by atoms with van der Waals surface area (Å²) in [5, 5.41) is 8.01. The number of halogens is 3. The molecule has 2 aromatic rings. The summed E-state index contributed by atoms with van der Waals surface area (Å²) >= 11 is 0. The van der Waals surface area contributed by atoms with Gasteiger partial charge >= 0.3 is 6.18 Å². The first-order valence-electron chi connectivity index (χ1n) is 11.2. The van der Waals surface area contributed by atoms with Gasteiger partial charge in [0.2, 0.25) is 11.9 Å². The number of piperazine rings is 1. The number of methoxy groups -OCH3 is 1. The molecule has 0 bridgehead atoms. The third-order valence-corrected chi connectivity index (χ3v) is 6.10. The van der Waals surface area contributed by atoms with Crippen LogP contribution >= 0.6 is 0 Å². The Labute approximate surface area is 199 Å². The normalized spacial score (nSPS) is 18.2. The highest BCUT2D eigenvalue weighted by atomic mass is 19.4. The molecule has 2 aliphatic rings. The number of ether oxygens (including phenoxy) is 1. The van der Waals surface area contributed by atoms with E-state index in [0.29, 0.717) is 57.5 Å². The van der Waals surface area contributed by atoms with Crippen molar-refractivity contribution in [2.75, 3.05) is 63.1 Å². The van der Waals surface area contributed by atoms with Crippen molar-refractivity contribution in [1.82, 2.24) is 30.0 Å². The van der Waals surface area contributed by atoms with Crippen molar-refractivity contribution in [2.24, 2.45) is 5.92 Å². The second-order valence-corrected chi connectivity index (χ2v) is 8.68. The maximum Gasteiger partial charge on any atom is 0.423 e. The standard InChI is InChI=1S/C21H27F3N8O3/c1-13(28-16-9-27-29-18(33)17(16)21(22,23)24)10-30-11-14(12-30)19(34)31-3-5-32(6-4-31)20-25-7-15(35-2)8-26-20/h7-9,13-14H,3-6,10-12H2,1-2H3,(H2,28,29,33)/t13-/m0/s1. The molecule has 0 unspecified atom stereocenters. The summed E-state index contributed by atoms with van der Waals surface area (Å²) in [6, 6.07) is -0.385. The summed E-state index contributed by atoms with van der Waals surface area (Å²) in [5.74, 6) is 1.11. The Morgan fingerprint density at radius 3 is 2.46 bits per heavy atom. The number of anilines is 2. The Kier molecular flexibility index (Phi) is 7.10. The summed E-state index contributed by atoms with van der Waals surface area (Å²) in [6.45, 7) is 5.60. The number of rotatable bonds is 7. The minimum absolute atomic E-state index is 0.0790. The van der Waals surface area contributed by atoms with Gasteiger partial charge in [-0.05, 0) is 6.92 Å². The molecule has 1 amide bonds. The Balaban J connectivity index is 1.23. The molecule has 190 valence electrons. The molecule has 0 aliphatic carbocycles. The largest absolute Gasteiger partial charge is 0.494 e. The zero-order chi connectivity index (χ0) is 25.2. The van der Waals surface area contributed by atoms with E-state index in [1.807, 2.05) is 19.8 Å². The van der Waals surface area contributed by atoms with Crippen LogP contribution in [0, 0.1) is 5.92 Å². The molecule has 2 N–H and O–H groups in total. The minimum Gasteiger partial charge on any atom is -0.494 e. The van der Waals surface area contributed by atoms with Crippen molar-refractivity contribution in [2.45, 2.75) is 19.1 Å². The van der Waals surface area contributed by atoms with Crippen LogP contribution in [0.3, 0.4) is 0 Å². The topological polar surface area (TPSA) is 120 Å². The SMILES string of the molecule is COc1cnc(N2CCN(C(=O)C3CN(C[C@H](C)Nc4cn[nH]c(=O)c4C(F)(F)F)C3)CC2)nc1. The van der Waals surface area contributed by atoms with Crippen LogP contribution in [0.2, 0.25) is 0 Å². The Morgan fingerprint density at radius 2 is 1.86 bits per heavy atom. The summed E-state index contributed by atoms with van der Waals surface area (Å²) in [5.41, 5.74) is -2.95. The lowest BCUT2D eigenvalue weighted by atomic mass is 9.97. The Morgan fingerprint density at radius 1 is 1.20 bits per heavy atom. The number of amides is 1. The fourth-order valence-electron chi connectivity index (χ4n) is 4.33. The van der Waals surface area contributed by atoms with E-state index in [4.69, 9.17) is 4.74 Å². The number of nitrogens with one attached hydrogen (secondary N) is 2. The van der Waals surface area contributed by atoms with Crippen molar-refractivity contribution in [3.63, 3.8) is 0 Å². The molecule has 0 radical (unpaired) electrons. The molecule has 2 aliphatic heterocycles. The quantitative estimate of drug-likeness (QED) is 0.570. The number of hydrogen-bond donors (Lipinski definition) is 2. The average Bonchev–Trinajstić information content (AvgIpc) is 2.80. The van der Waals surface area contributed by atoms with E-state index >= 15 is 0 Å². The van der Waals surface area contributed by atoms with Crippen LogP contribution in [0.4, 0.5) is 24.8 Å². The van der Waals surface area contributed by atoms with Gasteiger partial charge in [-0.15, -0.1) is 0 Å². The Bertz CT molecular complexity index is 1080. The highest BCUT2D eigenvalue weighted by Crippen LogP contribution is 2.31. The second kappa shape index (κ2) is 10.1. The van der Waals surface area contributed by atoms with Gasteiger partial charge in [0, 0.05) is 51.9 Å². The first-order valence-corrected chi connectivity index (χ1v) is 11.2. The van der Waals surface area contributed by atoms with Crippen LogP contribution in [0.25, 0.3) is 0 Å². The third kappa shape index (κ3) is 5.63. The summed E-state index contributed by atoms with van der Waals surface area (Å²) in [4.78, 5) is 38.9. The molecular weight excluding hydrogens is 469 g/mol. The number of carbonyl (C=O) groups excluding carboxylic acids is 1. The number of H-pyrrole nitrogens is 1. The zero-order valence-corrected chi connectivity index (χ0v) is 19.4. The molecule has 14 heteroatoms. The molecule has 2 fully saturated rings. The predicted octanol–water partition coefficient (Wildman–Crippen LogP) is 0.668. The lowest BCUT2D eigenvalue weighted by Gasteiger charge is -2.43. The van der Waals surface area contributed by atoms with Gasteiger partial charge in [0.25, 0.3) is 5.56 Å². The molecule has 11 nitrogen and oxygen atoms in total. The van der Waals surface area contributed by atoms with E-state index in [1.165, 1.54) is 0 Å². The van der Waals surface area contributed by atoms with Crippen molar-refractivity contribution >= 4 is 17.5 Å². The number of alkyl halides is 3. The molecular formula is C21H27F3N8O3. The second-order valence-electron chi connectivity index (χ2n) is 8.68. The first-order chi connectivity index (χ1) is 16.7. The van der Waals surface area contributed by atoms with Crippen molar-refractivity contribution in [3.8, 4) is 5.75 Å². The van der Waals surface area contributed by atoms with Gasteiger partial charge in [-0.3, -0.25) is 14.5 Å². The smallest absolute Gasteiger partial charge is 0.423 e. The number of likely N-dealkylation sites (tertiary alicyclic amines) is 1. The number of hydrogen-bond acceptors (Lipinski definition) is 9. The van der Waals surface area contributed by atoms with E-state index in [0.717, 1.165) is 6.20 Å². The number of aromatic nitrogens is 4. The maximum atomic E-state index is 13.2. The average molecular weight is 496 g/mol. The molecule has 35 heavy (non-hydrogen) atoms. The number of nitrogens with zero attached hydrogens (tertiary/aromatic N) is 6. The lowest BCUT2D eigenvalue weighted by molar-refractivity contribution is -0.141. The molecule has 1 atom stereocenters. The van der Waals surface area contributed by atoms with Crippen LogP contribution < -0.4 is 20.5 Å². The van der Waals surface area contributed by atoms with Crippen molar-refractivity contribution in [3.05, 3.63) is 34.5 Å². The lowest BCUT2D eigenvalue weighted by Crippen LogP contribution is -2.59. The van der Waals surface area contributed by atoms with Crippen LogP contribution in [0.5, 0.6) is 5.75 Å². The van der Waals surface area contributed by atoms with Gasteiger partial charge in [0.1, 0.15) is 5.56 Å². The predicted molar refractivity (Wildman–Crippen MR) is 120 cm³/mol. The van der Waals surface area contributed by atoms with Crippen LogP contribution in [0.1, 0.15) is 12.5 Å². The highest BCUT2D eigenvalue weighted by Gasteiger charge is 2.39. The monoisotopic (exact) mass is 496 g/mol. The number of aromatic amines is 1. The third-order valence-electron chi connectivity index (χ3n) is 6.10. The van der Waals surface area contributed by atoms with E-state index in [2.05, 4.69) is 20.4 Å². The summed E-state index contributed by atoms with van der Waals surface area (Å²) < 4.78 is 44.7. The molecule has 0 aromatic carbocycles. The van der Waals surface area contributed by atoms with Crippen molar-refractivity contribution < 1.29 is 22.7 Å². The van der Waals surface area contributed by atoms with Crippen molar-refractivity contribution in [1.29, 1.82) is 0 Å². The molecule has 2 aromatic heterocycles. The molecule has 4 heterocycles. The molecule has 0 spiro atoms. The van der Waals surface area contributed by atoms with E-state index in [1.54, 1.807) is 26.4 Å². The van der Waals surface area contributed by atoms with E-state index in [-0.39, 0.29) is 23.6 Å². The van der Waals surface area contributed by atoms with Crippen LogP contribution in [-0.2, 0) is 11.0 Å². The number of carbonyl (C=O) groups is 1. The van der Waals surface area contributed by atoms with E-state index < -0.39 is 17.3 Å². The summed E-state index contributed by atoms with van der Waals surface area (Å²) in [6.07, 6.45) is -0.625. The van der Waals surface area contributed by atoms with Gasteiger partial charge in [0.15, 0.2) is 5.75 Å². The Hall–Kier alpha value is -3.42. The molecule has 4 rings (SSSR count). The van der Waals surface area contributed by atoms with Gasteiger partial charge in [-0.1, -0.05) is 0 Å². The van der Waals surface area contributed by atoms with Gasteiger partial charge in [-0.25, -0.2) is 15.1 Å². The molecule has 2 saturated heterocycles. The zero-order valence-electron chi connectivity index (χ0n) is 19.4. The van der Waals surface area contributed by atoms with Gasteiger partial charge in [0.05, 0.1) is 37.3 Å². The van der Waals surface area contributed by atoms with Gasteiger partial charge in [-0.2, -0.15) is 18.3 Å². The van der Waals surface area contributed by atoms with Gasteiger partial charge < -0.3 is 19.9 Å². The van der Waals surface area contributed by atoms with E-state index in [9.17, 15) is 22.8 Å². The van der Waals surface area contributed by atoms with Crippen LogP contribution in [-0.4, -0.2) is 94.8 Å². The summed E-state index contributed by atoms with van der Waals surface area (Å²) in [7, 11) is 1.55. The molecule has 0 saturated carbocycles. The maximum absolute atomic E-state index is 13.2.